The highest BCUT2D eigenvalue weighted by Gasteiger charge is 2.66. The van der Waals surface area contributed by atoms with Crippen LogP contribution in [0.2, 0.25) is 24.2 Å². The summed E-state index contributed by atoms with van der Waals surface area (Å²) in [6.45, 7) is 26.8. The summed E-state index contributed by atoms with van der Waals surface area (Å²) in [6.07, 6.45) is 20.7. The number of allylic oxidation sites excluding steroid dienone is 4. The Balaban J connectivity index is 1.51. The van der Waals surface area contributed by atoms with Crippen LogP contribution in [-0.2, 0) is 0 Å². The molecule has 6 rings (SSSR count). The lowest BCUT2D eigenvalue weighted by molar-refractivity contribution is -0.0119. The Morgan fingerprint density at radius 1 is 0.622 bits per heavy atom. The predicted molar refractivity (Wildman–Crippen MR) is 163 cm³/mol. The molecule has 0 saturated heterocycles. The molecule has 5 saturated carbocycles. The standard InChI is InChI=1S/C36H60Si/c1-33(2)17-18-34(3,4)28-22-26-25(21-27(28)33)30-31(36(7,8)20-19-35(30,5)6)32(26)37(9,10)29-16-15-23-13-11-12-14-24(23)29/h21-26,29-32H,11-20H2,1-10H3. The molecule has 0 heterocycles. The van der Waals surface area contributed by atoms with E-state index in [0.29, 0.717) is 21.7 Å². The Hall–Kier alpha value is -0.303. The first-order valence-electron chi connectivity index (χ1n) is 16.5. The number of hydrogen-bond acceptors (Lipinski definition) is 0. The summed E-state index contributed by atoms with van der Waals surface area (Å²) < 4.78 is 0. The Kier molecular flexibility index (Phi) is 6.08. The van der Waals surface area contributed by atoms with Crippen molar-refractivity contribution in [1.29, 1.82) is 0 Å². The molecular weight excluding hydrogens is 460 g/mol. The molecule has 0 bridgehead atoms. The van der Waals surface area contributed by atoms with Crippen LogP contribution in [0.25, 0.3) is 0 Å². The highest BCUT2D eigenvalue weighted by molar-refractivity contribution is 6.80. The summed E-state index contributed by atoms with van der Waals surface area (Å²) in [6, 6.07) is 0. The van der Waals surface area contributed by atoms with Crippen molar-refractivity contribution in [1.82, 2.24) is 0 Å². The number of hydrogen-bond donors (Lipinski definition) is 0. The summed E-state index contributed by atoms with van der Waals surface area (Å²) in [5.74, 6) is 5.46. The second kappa shape index (κ2) is 8.36. The van der Waals surface area contributed by atoms with Crippen LogP contribution in [0.4, 0.5) is 0 Å². The van der Waals surface area contributed by atoms with Crippen LogP contribution in [0.3, 0.4) is 0 Å². The molecule has 0 radical (unpaired) electrons. The van der Waals surface area contributed by atoms with Crippen LogP contribution < -0.4 is 0 Å². The molecular formula is C36H60Si. The quantitative estimate of drug-likeness (QED) is 0.318. The molecule has 0 aromatic heterocycles. The first-order valence-corrected chi connectivity index (χ1v) is 19.7. The van der Waals surface area contributed by atoms with E-state index in [2.05, 4.69) is 80.6 Å². The van der Waals surface area contributed by atoms with Gasteiger partial charge in [-0.05, 0) is 105 Å². The Morgan fingerprint density at radius 2 is 1.16 bits per heavy atom. The first kappa shape index (κ1) is 26.9. The number of rotatable bonds is 2. The second-order valence-electron chi connectivity index (χ2n) is 18.4. The average Bonchev–Trinajstić information content (AvgIpc) is 3.41. The fraction of sp³-hybridized carbons (Fsp3) is 0.889. The van der Waals surface area contributed by atoms with Crippen molar-refractivity contribution in [2.45, 2.75) is 144 Å². The molecule has 37 heavy (non-hydrogen) atoms. The zero-order valence-electron chi connectivity index (χ0n) is 26.3. The molecule has 0 amide bonds. The Labute approximate surface area is 231 Å². The van der Waals surface area contributed by atoms with Gasteiger partial charge in [0, 0.05) is 0 Å². The van der Waals surface area contributed by atoms with Gasteiger partial charge in [-0.1, -0.05) is 119 Å². The normalized spacial score (nSPS) is 45.1. The lowest BCUT2D eigenvalue weighted by Gasteiger charge is -2.55. The molecule has 0 spiro atoms. The smallest absolute Gasteiger partial charge is 0.0547 e. The summed E-state index contributed by atoms with van der Waals surface area (Å²) in [5, 5.41) is 0. The lowest BCUT2D eigenvalue weighted by atomic mass is 9.53. The van der Waals surface area contributed by atoms with Gasteiger partial charge in [0.25, 0.3) is 0 Å². The summed E-state index contributed by atoms with van der Waals surface area (Å²) in [5.41, 5.74) is 7.17. The molecule has 0 aliphatic heterocycles. The summed E-state index contributed by atoms with van der Waals surface area (Å²) >= 11 is 0. The van der Waals surface area contributed by atoms with Gasteiger partial charge in [0.15, 0.2) is 0 Å². The fourth-order valence-electron chi connectivity index (χ4n) is 12.1. The topological polar surface area (TPSA) is 0 Å². The van der Waals surface area contributed by atoms with Gasteiger partial charge in [-0.2, -0.15) is 0 Å². The first-order chi connectivity index (χ1) is 17.1. The molecule has 0 aromatic rings. The van der Waals surface area contributed by atoms with E-state index in [1.165, 1.54) is 38.5 Å². The van der Waals surface area contributed by atoms with Crippen molar-refractivity contribution in [3.05, 3.63) is 23.3 Å². The van der Waals surface area contributed by atoms with Crippen molar-refractivity contribution < 1.29 is 0 Å². The van der Waals surface area contributed by atoms with E-state index in [0.717, 1.165) is 46.6 Å². The van der Waals surface area contributed by atoms with Crippen molar-refractivity contribution in [3.63, 3.8) is 0 Å². The minimum absolute atomic E-state index is 0.335. The van der Waals surface area contributed by atoms with E-state index in [1.807, 2.05) is 0 Å². The van der Waals surface area contributed by atoms with Crippen LogP contribution in [0.5, 0.6) is 0 Å². The van der Waals surface area contributed by atoms with Crippen molar-refractivity contribution in [2.24, 2.45) is 57.2 Å². The molecule has 6 aliphatic carbocycles. The maximum absolute atomic E-state index is 2.98. The molecule has 0 nitrogen and oxygen atoms in total. The zero-order chi connectivity index (χ0) is 26.8. The molecule has 208 valence electrons. The van der Waals surface area contributed by atoms with E-state index in [-0.39, 0.29) is 0 Å². The van der Waals surface area contributed by atoms with Gasteiger partial charge in [-0.25, -0.2) is 0 Å². The van der Waals surface area contributed by atoms with Gasteiger partial charge in [-0.15, -0.1) is 0 Å². The molecule has 8 unspecified atom stereocenters. The fourth-order valence-corrected chi connectivity index (χ4v) is 17.9. The van der Waals surface area contributed by atoms with Crippen molar-refractivity contribution in [3.8, 4) is 0 Å². The van der Waals surface area contributed by atoms with E-state index < -0.39 is 8.07 Å². The minimum Gasteiger partial charge on any atom is -0.0768 e. The molecule has 0 N–H and O–H groups in total. The number of fused-ring (bicyclic) bond motifs is 5. The highest BCUT2D eigenvalue weighted by atomic mass is 28.3. The van der Waals surface area contributed by atoms with Gasteiger partial charge in [0.2, 0.25) is 0 Å². The van der Waals surface area contributed by atoms with E-state index in [9.17, 15) is 0 Å². The van der Waals surface area contributed by atoms with Crippen LogP contribution in [0.15, 0.2) is 23.3 Å². The van der Waals surface area contributed by atoms with E-state index in [1.54, 1.807) is 36.8 Å². The maximum atomic E-state index is 2.98. The molecule has 0 aromatic carbocycles. The molecule has 8 atom stereocenters. The van der Waals surface area contributed by atoms with Crippen LogP contribution in [0, 0.1) is 57.2 Å². The van der Waals surface area contributed by atoms with Gasteiger partial charge in [0.05, 0.1) is 8.07 Å². The predicted octanol–water partition coefficient (Wildman–Crippen LogP) is 11.1. The van der Waals surface area contributed by atoms with Gasteiger partial charge >= 0.3 is 0 Å². The van der Waals surface area contributed by atoms with Crippen molar-refractivity contribution in [2.75, 3.05) is 0 Å². The summed E-state index contributed by atoms with van der Waals surface area (Å²) in [7, 11) is -1.53. The minimum atomic E-state index is -1.53. The third-order valence-electron chi connectivity index (χ3n) is 14.3. The molecule has 6 aliphatic rings. The third kappa shape index (κ3) is 3.92. The van der Waals surface area contributed by atoms with Crippen LogP contribution in [-0.4, -0.2) is 8.07 Å². The second-order valence-corrected chi connectivity index (χ2v) is 23.4. The van der Waals surface area contributed by atoms with Gasteiger partial charge in [0.1, 0.15) is 0 Å². The van der Waals surface area contributed by atoms with Gasteiger partial charge < -0.3 is 0 Å². The zero-order valence-corrected chi connectivity index (χ0v) is 27.3. The average molecular weight is 521 g/mol. The third-order valence-corrected chi connectivity index (χ3v) is 19.3. The van der Waals surface area contributed by atoms with E-state index in [4.69, 9.17) is 0 Å². The maximum Gasteiger partial charge on any atom is 0.0547 e. The molecule has 5 fully saturated rings. The highest BCUT2D eigenvalue weighted by Crippen LogP contribution is 2.73. The van der Waals surface area contributed by atoms with E-state index >= 15 is 0 Å². The largest absolute Gasteiger partial charge is 0.0768 e. The van der Waals surface area contributed by atoms with Gasteiger partial charge in [-0.3, -0.25) is 0 Å². The van der Waals surface area contributed by atoms with Crippen LogP contribution >= 0.6 is 0 Å². The SMILES string of the molecule is CC1(C)CCC(C)(C)C2=CC3C(C=C21)C1C(C3[Si](C)(C)C2CCC3CCCCC32)C(C)(C)CCC1(C)C. The Morgan fingerprint density at radius 3 is 1.78 bits per heavy atom. The summed E-state index contributed by atoms with van der Waals surface area (Å²) in [4.78, 5) is 0. The Bertz CT molecular complexity index is 986. The monoisotopic (exact) mass is 520 g/mol. The molecule has 1 heteroatoms. The van der Waals surface area contributed by atoms with Crippen molar-refractivity contribution >= 4 is 8.07 Å². The van der Waals surface area contributed by atoms with Crippen LogP contribution in [0.1, 0.15) is 120 Å². The lowest BCUT2D eigenvalue weighted by Crippen LogP contribution is -2.51.